The summed E-state index contributed by atoms with van der Waals surface area (Å²) in [7, 11) is -3.14. The molecule has 1 unspecified atom stereocenters. The standard InChI is InChI=1S/C13H16FNO4S/c1-8-4-10(5-9(2)13(8)19-3)15-7-11(6-12(15)16)20(14,17)18/h4-5,11H,6-7H2,1-3H3. The van der Waals surface area contributed by atoms with Gasteiger partial charge in [0.2, 0.25) is 5.91 Å². The van der Waals surface area contributed by atoms with Crippen LogP contribution in [0.25, 0.3) is 0 Å². The lowest BCUT2D eigenvalue weighted by Crippen LogP contribution is -2.27. The molecule has 20 heavy (non-hydrogen) atoms. The van der Waals surface area contributed by atoms with Crippen LogP contribution in [-0.4, -0.2) is 33.2 Å². The number of anilines is 1. The van der Waals surface area contributed by atoms with Gasteiger partial charge in [-0.05, 0) is 37.1 Å². The van der Waals surface area contributed by atoms with Crippen LogP contribution in [0.5, 0.6) is 5.75 Å². The Hall–Kier alpha value is -1.63. The topological polar surface area (TPSA) is 63.7 Å². The number of hydrogen-bond donors (Lipinski definition) is 0. The van der Waals surface area contributed by atoms with Crippen LogP contribution in [0.3, 0.4) is 0 Å². The van der Waals surface area contributed by atoms with Crippen LogP contribution in [0.15, 0.2) is 12.1 Å². The summed E-state index contributed by atoms with van der Waals surface area (Å²) in [6.45, 7) is 3.52. The van der Waals surface area contributed by atoms with Crippen molar-refractivity contribution in [3.05, 3.63) is 23.3 Å². The molecular weight excluding hydrogens is 285 g/mol. The number of benzene rings is 1. The van der Waals surface area contributed by atoms with Crippen molar-refractivity contribution in [2.45, 2.75) is 25.5 Å². The fraction of sp³-hybridized carbons (Fsp3) is 0.462. The Kier molecular flexibility index (Phi) is 3.73. The van der Waals surface area contributed by atoms with E-state index in [1.54, 1.807) is 19.2 Å². The fourth-order valence-electron chi connectivity index (χ4n) is 2.52. The van der Waals surface area contributed by atoms with Crippen LogP contribution in [-0.2, 0) is 15.0 Å². The zero-order valence-electron chi connectivity index (χ0n) is 11.5. The molecule has 1 heterocycles. The number of nitrogens with zero attached hydrogens (tertiary/aromatic N) is 1. The molecule has 0 radical (unpaired) electrons. The van der Waals surface area contributed by atoms with Gasteiger partial charge in [-0.25, -0.2) is 0 Å². The minimum Gasteiger partial charge on any atom is -0.496 e. The van der Waals surface area contributed by atoms with E-state index >= 15 is 0 Å². The Labute approximate surface area is 117 Å². The summed E-state index contributed by atoms with van der Waals surface area (Å²) in [5.74, 6) is 0.329. The third kappa shape index (κ3) is 2.63. The van der Waals surface area contributed by atoms with Crippen LogP contribution in [0.2, 0.25) is 0 Å². The van der Waals surface area contributed by atoms with Gasteiger partial charge in [-0.3, -0.25) is 4.79 Å². The molecule has 0 aliphatic carbocycles. The number of hydrogen-bond acceptors (Lipinski definition) is 4. The number of carbonyl (C=O) groups excluding carboxylic acids is 1. The molecule has 0 saturated carbocycles. The van der Waals surface area contributed by atoms with Gasteiger partial charge in [0.15, 0.2) is 0 Å². The first-order chi connectivity index (χ1) is 9.24. The summed E-state index contributed by atoms with van der Waals surface area (Å²) < 4.78 is 40.1. The van der Waals surface area contributed by atoms with Crippen LogP contribution >= 0.6 is 0 Å². The van der Waals surface area contributed by atoms with Gasteiger partial charge in [0.25, 0.3) is 0 Å². The second-order valence-corrected chi connectivity index (χ2v) is 6.54. The largest absolute Gasteiger partial charge is 0.496 e. The second kappa shape index (κ2) is 5.05. The second-order valence-electron chi connectivity index (χ2n) is 4.92. The number of methoxy groups -OCH3 is 1. The first-order valence-corrected chi connectivity index (χ1v) is 7.57. The Morgan fingerprint density at radius 1 is 1.30 bits per heavy atom. The van der Waals surface area contributed by atoms with E-state index in [-0.39, 0.29) is 18.9 Å². The molecule has 0 N–H and O–H groups in total. The quantitative estimate of drug-likeness (QED) is 0.797. The molecule has 1 fully saturated rings. The maximum atomic E-state index is 13.0. The predicted octanol–water partition coefficient (Wildman–Crippen LogP) is 1.72. The van der Waals surface area contributed by atoms with Crippen molar-refractivity contribution in [3.8, 4) is 5.75 Å². The molecule has 1 saturated heterocycles. The number of carbonyl (C=O) groups is 1. The molecule has 7 heteroatoms. The molecule has 5 nitrogen and oxygen atoms in total. The Bertz CT molecular complexity index is 633. The lowest BCUT2D eigenvalue weighted by molar-refractivity contribution is -0.117. The molecule has 1 amide bonds. The first kappa shape index (κ1) is 14.8. The van der Waals surface area contributed by atoms with Gasteiger partial charge in [-0.2, -0.15) is 8.42 Å². The molecule has 0 spiro atoms. The van der Waals surface area contributed by atoms with E-state index in [0.29, 0.717) is 5.69 Å². The van der Waals surface area contributed by atoms with Gasteiger partial charge in [-0.15, -0.1) is 3.89 Å². The summed E-state index contributed by atoms with van der Waals surface area (Å²) in [5, 5.41) is -1.28. The van der Waals surface area contributed by atoms with Crippen molar-refractivity contribution in [1.29, 1.82) is 0 Å². The van der Waals surface area contributed by atoms with E-state index in [2.05, 4.69) is 0 Å². The van der Waals surface area contributed by atoms with Crippen molar-refractivity contribution in [1.82, 2.24) is 0 Å². The molecule has 1 aliphatic rings. The van der Waals surface area contributed by atoms with Crippen molar-refractivity contribution >= 4 is 21.8 Å². The third-order valence-corrected chi connectivity index (χ3v) is 4.56. The normalized spacial score (nSPS) is 19.5. The Morgan fingerprint density at radius 3 is 2.25 bits per heavy atom. The van der Waals surface area contributed by atoms with Gasteiger partial charge in [0.05, 0.1) is 7.11 Å². The zero-order valence-corrected chi connectivity index (χ0v) is 12.3. The van der Waals surface area contributed by atoms with E-state index in [4.69, 9.17) is 4.74 Å². The Balaban J connectivity index is 2.36. The molecule has 110 valence electrons. The number of ether oxygens (including phenoxy) is 1. The van der Waals surface area contributed by atoms with Gasteiger partial charge in [0.1, 0.15) is 11.0 Å². The minimum absolute atomic E-state index is 0.150. The highest BCUT2D eigenvalue weighted by Crippen LogP contribution is 2.32. The number of rotatable bonds is 3. The van der Waals surface area contributed by atoms with Crippen molar-refractivity contribution in [2.24, 2.45) is 0 Å². The highest BCUT2D eigenvalue weighted by molar-refractivity contribution is 7.87. The maximum Gasteiger partial charge on any atom is 0.307 e. The maximum absolute atomic E-state index is 13.0. The highest BCUT2D eigenvalue weighted by atomic mass is 32.3. The molecule has 0 aromatic heterocycles. The SMILES string of the molecule is COc1c(C)cc(N2CC(S(=O)(=O)F)CC2=O)cc1C. The lowest BCUT2D eigenvalue weighted by Gasteiger charge is -2.19. The van der Waals surface area contributed by atoms with E-state index in [1.807, 2.05) is 13.8 Å². The monoisotopic (exact) mass is 301 g/mol. The number of aryl methyl sites for hydroxylation is 2. The van der Waals surface area contributed by atoms with E-state index in [1.165, 1.54) is 4.90 Å². The number of amides is 1. The lowest BCUT2D eigenvalue weighted by atomic mass is 10.1. The summed E-state index contributed by atoms with van der Waals surface area (Å²) >= 11 is 0. The van der Waals surface area contributed by atoms with Crippen LogP contribution < -0.4 is 9.64 Å². The van der Waals surface area contributed by atoms with E-state index < -0.39 is 15.5 Å². The molecule has 0 bridgehead atoms. The summed E-state index contributed by atoms with van der Waals surface area (Å²) in [4.78, 5) is 13.2. The first-order valence-electron chi connectivity index (χ1n) is 6.13. The van der Waals surface area contributed by atoms with Crippen LogP contribution in [0.4, 0.5) is 9.57 Å². The van der Waals surface area contributed by atoms with Crippen molar-refractivity contribution in [3.63, 3.8) is 0 Å². The van der Waals surface area contributed by atoms with E-state index in [0.717, 1.165) is 16.9 Å². The Morgan fingerprint density at radius 2 is 1.85 bits per heavy atom. The number of halogens is 1. The average Bonchev–Trinajstić information content (AvgIpc) is 2.70. The van der Waals surface area contributed by atoms with Crippen LogP contribution in [0, 0.1) is 13.8 Å². The van der Waals surface area contributed by atoms with Gasteiger partial charge >= 0.3 is 10.2 Å². The molecule has 2 rings (SSSR count). The molecule has 1 aliphatic heterocycles. The smallest absolute Gasteiger partial charge is 0.307 e. The third-order valence-electron chi connectivity index (χ3n) is 3.45. The van der Waals surface area contributed by atoms with Gasteiger partial charge < -0.3 is 9.64 Å². The summed E-state index contributed by atoms with van der Waals surface area (Å²) in [6.07, 6.45) is -0.317. The molecular formula is C13H16FNO4S. The molecule has 1 aromatic rings. The summed E-state index contributed by atoms with van der Waals surface area (Å²) in [5.41, 5.74) is 2.24. The predicted molar refractivity (Wildman–Crippen MR) is 73.3 cm³/mol. The van der Waals surface area contributed by atoms with Gasteiger partial charge in [-0.1, -0.05) is 0 Å². The van der Waals surface area contributed by atoms with Crippen LogP contribution in [0.1, 0.15) is 17.5 Å². The van der Waals surface area contributed by atoms with E-state index in [9.17, 15) is 17.1 Å². The zero-order chi connectivity index (χ0) is 15.1. The highest BCUT2D eigenvalue weighted by Gasteiger charge is 2.39. The van der Waals surface area contributed by atoms with Crippen molar-refractivity contribution < 1.29 is 21.8 Å². The minimum atomic E-state index is -4.70. The van der Waals surface area contributed by atoms with Gasteiger partial charge in [0, 0.05) is 18.7 Å². The average molecular weight is 301 g/mol. The molecule has 1 atom stereocenters. The fourth-order valence-corrected chi connectivity index (χ4v) is 3.19. The molecule has 1 aromatic carbocycles. The summed E-state index contributed by atoms with van der Waals surface area (Å²) in [6, 6.07) is 3.47. The van der Waals surface area contributed by atoms with Crippen molar-refractivity contribution in [2.75, 3.05) is 18.6 Å².